The number of benzene rings is 1. The van der Waals surface area contributed by atoms with E-state index in [1.165, 1.54) is 38.6 Å². The number of carboxylic acids is 1. The second-order valence-electron chi connectivity index (χ2n) is 7.63. The fourth-order valence-electron chi connectivity index (χ4n) is 4.22. The van der Waals surface area contributed by atoms with Gasteiger partial charge in [-0.2, -0.15) is 0 Å². The van der Waals surface area contributed by atoms with Crippen LogP contribution in [0, 0.1) is 0 Å². The lowest BCUT2D eigenvalue weighted by Gasteiger charge is -2.33. The highest BCUT2D eigenvalue weighted by atomic mass is 16.5. The topological polar surface area (TPSA) is 49.8 Å². The van der Waals surface area contributed by atoms with Crippen molar-refractivity contribution in [2.24, 2.45) is 0 Å². The van der Waals surface area contributed by atoms with E-state index in [1.54, 1.807) is 6.07 Å². The van der Waals surface area contributed by atoms with Crippen LogP contribution in [-0.4, -0.2) is 41.2 Å². The van der Waals surface area contributed by atoms with Gasteiger partial charge in [0.05, 0.1) is 11.7 Å². The fourth-order valence-corrected chi connectivity index (χ4v) is 4.22. The molecule has 4 nitrogen and oxygen atoms in total. The van der Waals surface area contributed by atoms with E-state index in [4.69, 9.17) is 4.74 Å². The maximum absolute atomic E-state index is 11.5. The number of rotatable bonds is 7. The van der Waals surface area contributed by atoms with Crippen molar-refractivity contribution in [1.82, 2.24) is 4.90 Å². The first-order valence-electron chi connectivity index (χ1n) is 9.90. The average Bonchev–Trinajstić information content (AvgIpc) is 3.09. The monoisotopic (exact) mass is 345 g/mol. The fraction of sp³-hybridized carbons (Fsp3) is 0.667. The van der Waals surface area contributed by atoms with Gasteiger partial charge in [-0.25, -0.2) is 4.79 Å². The van der Waals surface area contributed by atoms with Crippen LogP contribution in [0.1, 0.15) is 74.2 Å². The largest absolute Gasteiger partial charge is 0.490 e. The molecule has 0 amide bonds. The summed E-state index contributed by atoms with van der Waals surface area (Å²) in [5, 5.41) is 9.48. The van der Waals surface area contributed by atoms with Crippen molar-refractivity contribution in [1.29, 1.82) is 0 Å². The molecular formula is C21H31NO3. The third-order valence-electron chi connectivity index (χ3n) is 5.74. The average molecular weight is 345 g/mol. The molecule has 2 fully saturated rings. The molecule has 1 aromatic carbocycles. The zero-order chi connectivity index (χ0) is 17.6. The molecule has 1 saturated heterocycles. The predicted octanol–water partition coefficient (Wildman–Crippen LogP) is 4.51. The Morgan fingerprint density at radius 1 is 1.20 bits per heavy atom. The summed E-state index contributed by atoms with van der Waals surface area (Å²) in [5.74, 6) is -0.00741. The summed E-state index contributed by atoms with van der Waals surface area (Å²) in [6.45, 7) is 4.53. The highest BCUT2D eigenvalue weighted by Gasteiger charge is 2.20. The Morgan fingerprint density at radius 3 is 2.68 bits per heavy atom. The maximum Gasteiger partial charge on any atom is 0.335 e. The lowest BCUT2D eigenvalue weighted by molar-refractivity contribution is 0.0695. The Labute approximate surface area is 151 Å². The Bertz CT molecular complexity index is 581. The number of likely N-dealkylation sites (tertiary alicyclic amines) is 1. The zero-order valence-electron chi connectivity index (χ0n) is 15.4. The number of aryl methyl sites for hydroxylation is 1. The highest BCUT2D eigenvalue weighted by Crippen LogP contribution is 2.26. The molecular weight excluding hydrogens is 314 g/mol. The standard InChI is InChI=1S/C21H31NO3/c1-16-7-4-5-13-22(16)14-6-8-17-15-19(11-12-20(17)21(23)24)25-18-9-2-3-10-18/h11-12,15-16,18H,2-10,13-14H2,1H3,(H,23,24). The Kier molecular flexibility index (Phi) is 6.35. The normalized spacial score (nSPS) is 22.2. The minimum Gasteiger partial charge on any atom is -0.490 e. The number of aromatic carboxylic acids is 1. The molecule has 1 aliphatic heterocycles. The molecule has 138 valence electrons. The SMILES string of the molecule is CC1CCCCN1CCCc1cc(OC2CCCC2)ccc1C(=O)O. The van der Waals surface area contributed by atoms with Gasteiger partial charge in [0.1, 0.15) is 5.75 Å². The van der Waals surface area contributed by atoms with E-state index in [0.717, 1.165) is 43.5 Å². The predicted molar refractivity (Wildman–Crippen MR) is 99.5 cm³/mol. The molecule has 3 rings (SSSR count). The van der Waals surface area contributed by atoms with Crippen LogP contribution >= 0.6 is 0 Å². The first-order chi connectivity index (χ1) is 12.1. The lowest BCUT2D eigenvalue weighted by Crippen LogP contribution is -2.38. The quantitative estimate of drug-likeness (QED) is 0.790. The molecule has 1 N–H and O–H groups in total. The highest BCUT2D eigenvalue weighted by molar-refractivity contribution is 5.89. The van der Waals surface area contributed by atoms with Crippen molar-refractivity contribution in [3.8, 4) is 5.75 Å². The number of carbonyl (C=O) groups is 1. The molecule has 0 bridgehead atoms. The van der Waals surface area contributed by atoms with Crippen molar-refractivity contribution in [2.75, 3.05) is 13.1 Å². The van der Waals surface area contributed by atoms with Crippen LogP contribution < -0.4 is 4.74 Å². The molecule has 0 radical (unpaired) electrons. The third-order valence-corrected chi connectivity index (χ3v) is 5.74. The van der Waals surface area contributed by atoms with E-state index in [0.29, 0.717) is 17.7 Å². The van der Waals surface area contributed by atoms with Gasteiger partial charge >= 0.3 is 5.97 Å². The minimum atomic E-state index is -0.839. The number of piperidine rings is 1. The Hall–Kier alpha value is -1.55. The Balaban J connectivity index is 1.61. The summed E-state index contributed by atoms with van der Waals surface area (Å²) in [5.41, 5.74) is 1.33. The molecule has 1 saturated carbocycles. The summed E-state index contributed by atoms with van der Waals surface area (Å²) in [7, 11) is 0. The molecule has 0 spiro atoms. The smallest absolute Gasteiger partial charge is 0.335 e. The van der Waals surface area contributed by atoms with Gasteiger partial charge in [0.2, 0.25) is 0 Å². The van der Waals surface area contributed by atoms with Gasteiger partial charge in [0.25, 0.3) is 0 Å². The first-order valence-corrected chi connectivity index (χ1v) is 9.90. The molecule has 2 aliphatic rings. The van der Waals surface area contributed by atoms with Crippen LogP contribution in [0.25, 0.3) is 0 Å². The van der Waals surface area contributed by atoms with E-state index < -0.39 is 5.97 Å². The molecule has 1 aliphatic carbocycles. The summed E-state index contributed by atoms with van der Waals surface area (Å²) in [6, 6.07) is 6.15. The third kappa shape index (κ3) is 4.97. The van der Waals surface area contributed by atoms with Gasteiger partial charge in [-0.3, -0.25) is 0 Å². The summed E-state index contributed by atoms with van der Waals surface area (Å²) >= 11 is 0. The van der Waals surface area contributed by atoms with E-state index in [2.05, 4.69) is 11.8 Å². The molecule has 1 aromatic rings. The zero-order valence-corrected chi connectivity index (χ0v) is 15.4. The van der Waals surface area contributed by atoms with Crippen LogP contribution in [0.4, 0.5) is 0 Å². The van der Waals surface area contributed by atoms with E-state index in [-0.39, 0.29) is 0 Å². The van der Waals surface area contributed by atoms with Crippen molar-refractivity contribution < 1.29 is 14.6 Å². The van der Waals surface area contributed by atoms with Crippen molar-refractivity contribution in [2.45, 2.75) is 76.9 Å². The van der Waals surface area contributed by atoms with Crippen LogP contribution in [-0.2, 0) is 6.42 Å². The molecule has 4 heteroatoms. The maximum atomic E-state index is 11.5. The van der Waals surface area contributed by atoms with Crippen LogP contribution in [0.2, 0.25) is 0 Å². The molecule has 1 heterocycles. The van der Waals surface area contributed by atoms with Crippen molar-refractivity contribution in [3.05, 3.63) is 29.3 Å². The van der Waals surface area contributed by atoms with Gasteiger partial charge in [0.15, 0.2) is 0 Å². The van der Waals surface area contributed by atoms with Gasteiger partial charge in [-0.1, -0.05) is 6.42 Å². The minimum absolute atomic E-state index is 0.303. The molecule has 1 atom stereocenters. The summed E-state index contributed by atoms with van der Waals surface area (Å²) < 4.78 is 6.06. The van der Waals surface area contributed by atoms with Crippen molar-refractivity contribution in [3.63, 3.8) is 0 Å². The second kappa shape index (κ2) is 8.70. The first kappa shape index (κ1) is 18.2. The van der Waals surface area contributed by atoms with E-state index in [9.17, 15) is 9.90 Å². The van der Waals surface area contributed by atoms with Crippen LogP contribution in [0.3, 0.4) is 0 Å². The Morgan fingerprint density at radius 2 is 1.96 bits per heavy atom. The molecule has 0 aromatic heterocycles. The van der Waals surface area contributed by atoms with Gasteiger partial charge in [-0.15, -0.1) is 0 Å². The summed E-state index contributed by atoms with van der Waals surface area (Å²) in [4.78, 5) is 14.1. The van der Waals surface area contributed by atoms with Crippen molar-refractivity contribution >= 4 is 5.97 Å². The van der Waals surface area contributed by atoms with E-state index >= 15 is 0 Å². The van der Waals surface area contributed by atoms with Gasteiger partial charge in [-0.05, 0) is 95.1 Å². The van der Waals surface area contributed by atoms with Gasteiger partial charge in [0, 0.05) is 6.04 Å². The molecule has 25 heavy (non-hydrogen) atoms. The lowest BCUT2D eigenvalue weighted by atomic mass is 10.00. The van der Waals surface area contributed by atoms with Crippen LogP contribution in [0.15, 0.2) is 18.2 Å². The summed E-state index contributed by atoms with van der Waals surface area (Å²) in [6.07, 6.45) is 10.7. The molecule has 1 unspecified atom stereocenters. The number of hydrogen-bond acceptors (Lipinski definition) is 3. The number of carboxylic acid groups (broad SMARTS) is 1. The van der Waals surface area contributed by atoms with Crippen LogP contribution in [0.5, 0.6) is 5.75 Å². The van der Waals surface area contributed by atoms with E-state index in [1.807, 2.05) is 12.1 Å². The van der Waals surface area contributed by atoms with Gasteiger partial charge < -0.3 is 14.7 Å². The number of nitrogens with zero attached hydrogens (tertiary/aromatic N) is 1. The number of ether oxygens (including phenoxy) is 1. The number of hydrogen-bond donors (Lipinski definition) is 1. The second-order valence-corrected chi connectivity index (χ2v) is 7.63.